The molecule has 0 aliphatic rings. The SMILES string of the molecule is COc1ccc(CCSC)c(Nc2nc3ccccc3nc2NS(=O)(=O)c2cn(C)cn2)c1. The summed E-state index contributed by atoms with van der Waals surface area (Å²) >= 11 is 1.75. The zero-order valence-corrected chi connectivity index (χ0v) is 20.1. The summed E-state index contributed by atoms with van der Waals surface area (Å²) < 4.78 is 35.4. The first kappa shape index (κ1) is 22.9. The summed E-state index contributed by atoms with van der Waals surface area (Å²) in [7, 11) is -0.663. The third-order valence-electron chi connectivity index (χ3n) is 4.90. The fourth-order valence-electron chi connectivity index (χ4n) is 3.22. The minimum atomic E-state index is -3.97. The first-order valence-electron chi connectivity index (χ1n) is 10.1. The molecule has 0 atom stereocenters. The molecule has 0 fully saturated rings. The third-order valence-corrected chi connectivity index (χ3v) is 6.74. The Morgan fingerprint density at radius 3 is 2.45 bits per heavy atom. The van der Waals surface area contributed by atoms with Gasteiger partial charge < -0.3 is 14.6 Å². The van der Waals surface area contributed by atoms with Crippen molar-refractivity contribution in [3.05, 3.63) is 60.6 Å². The van der Waals surface area contributed by atoms with Crippen LogP contribution in [0.4, 0.5) is 17.3 Å². The minimum absolute atomic E-state index is 0.0815. The normalized spacial score (nSPS) is 11.5. The van der Waals surface area contributed by atoms with Crippen LogP contribution in [0.3, 0.4) is 0 Å². The lowest BCUT2D eigenvalue weighted by molar-refractivity contribution is 0.415. The van der Waals surface area contributed by atoms with Crippen molar-refractivity contribution in [3.8, 4) is 5.75 Å². The maximum atomic E-state index is 13.0. The highest BCUT2D eigenvalue weighted by Gasteiger charge is 2.21. The molecule has 2 N–H and O–H groups in total. The average molecular weight is 485 g/mol. The Morgan fingerprint density at radius 1 is 1.09 bits per heavy atom. The zero-order chi connectivity index (χ0) is 23.4. The molecule has 0 spiro atoms. The molecule has 4 aromatic rings. The smallest absolute Gasteiger partial charge is 0.282 e. The quantitative estimate of drug-likeness (QED) is 0.369. The summed E-state index contributed by atoms with van der Waals surface area (Å²) in [5, 5.41) is 3.18. The van der Waals surface area contributed by atoms with E-state index < -0.39 is 10.0 Å². The van der Waals surface area contributed by atoms with Gasteiger partial charge in [-0.3, -0.25) is 4.72 Å². The summed E-state index contributed by atoms with van der Waals surface area (Å²) in [6.07, 6.45) is 5.72. The van der Waals surface area contributed by atoms with Crippen molar-refractivity contribution in [1.82, 2.24) is 19.5 Å². The highest BCUT2D eigenvalue weighted by Crippen LogP contribution is 2.31. The van der Waals surface area contributed by atoms with E-state index in [2.05, 4.69) is 31.2 Å². The van der Waals surface area contributed by atoms with Crippen molar-refractivity contribution >= 4 is 50.1 Å². The van der Waals surface area contributed by atoms with Gasteiger partial charge in [0, 0.05) is 25.0 Å². The number of thioether (sulfide) groups is 1. The number of nitrogens with one attached hydrogen (secondary N) is 2. The fourth-order valence-corrected chi connectivity index (χ4v) is 4.64. The van der Waals surface area contributed by atoms with Crippen molar-refractivity contribution in [1.29, 1.82) is 0 Å². The number of anilines is 3. The Balaban J connectivity index is 1.79. The van der Waals surface area contributed by atoms with Gasteiger partial charge in [-0.15, -0.1) is 0 Å². The van der Waals surface area contributed by atoms with Crippen LogP contribution in [0.25, 0.3) is 11.0 Å². The van der Waals surface area contributed by atoms with Crippen molar-refractivity contribution in [2.24, 2.45) is 7.05 Å². The van der Waals surface area contributed by atoms with E-state index >= 15 is 0 Å². The Bertz CT molecular complexity index is 1390. The standard InChI is InChI=1S/C22H24N6O3S2/c1-28-13-20(23-14-28)33(29,30)27-22-21(24-17-6-4-5-7-18(17)25-22)26-19-12-16(31-2)9-8-15(19)10-11-32-3/h4-9,12-14H,10-11H2,1-3H3,(H,24,26)(H,25,27). The van der Waals surface area contributed by atoms with Crippen LogP contribution in [-0.4, -0.2) is 47.1 Å². The van der Waals surface area contributed by atoms with Crippen LogP contribution in [0.1, 0.15) is 5.56 Å². The van der Waals surface area contributed by atoms with E-state index in [1.54, 1.807) is 36.6 Å². The van der Waals surface area contributed by atoms with Gasteiger partial charge in [0.1, 0.15) is 5.75 Å². The topological polar surface area (TPSA) is 111 Å². The van der Waals surface area contributed by atoms with Gasteiger partial charge in [-0.05, 0) is 42.2 Å². The van der Waals surface area contributed by atoms with Gasteiger partial charge in [0.25, 0.3) is 10.0 Å². The van der Waals surface area contributed by atoms with Crippen LogP contribution in [0.5, 0.6) is 5.75 Å². The maximum Gasteiger partial charge on any atom is 0.282 e. The molecule has 0 aliphatic carbocycles. The molecule has 0 radical (unpaired) electrons. The van der Waals surface area contributed by atoms with Gasteiger partial charge in [-0.1, -0.05) is 18.2 Å². The lowest BCUT2D eigenvalue weighted by Crippen LogP contribution is -2.16. The van der Waals surface area contributed by atoms with Crippen LogP contribution in [0.2, 0.25) is 0 Å². The van der Waals surface area contributed by atoms with E-state index in [1.807, 2.05) is 36.4 Å². The number of hydrogen-bond acceptors (Lipinski definition) is 8. The van der Waals surface area contributed by atoms with Gasteiger partial charge in [-0.2, -0.15) is 20.2 Å². The minimum Gasteiger partial charge on any atom is -0.497 e. The molecule has 11 heteroatoms. The number of aromatic nitrogens is 4. The molecule has 9 nitrogen and oxygen atoms in total. The molecule has 0 saturated carbocycles. The maximum absolute atomic E-state index is 13.0. The molecule has 0 saturated heterocycles. The van der Waals surface area contributed by atoms with E-state index in [1.165, 1.54) is 12.5 Å². The van der Waals surface area contributed by atoms with Gasteiger partial charge in [-0.25, -0.2) is 15.0 Å². The predicted molar refractivity (Wildman–Crippen MR) is 132 cm³/mol. The molecule has 33 heavy (non-hydrogen) atoms. The number of benzene rings is 2. The molecule has 0 bridgehead atoms. The number of rotatable bonds is 9. The lowest BCUT2D eigenvalue weighted by atomic mass is 10.1. The second kappa shape index (κ2) is 9.67. The number of ether oxygens (including phenoxy) is 1. The number of sulfonamides is 1. The molecular weight excluding hydrogens is 460 g/mol. The van der Waals surface area contributed by atoms with Crippen LogP contribution >= 0.6 is 11.8 Å². The highest BCUT2D eigenvalue weighted by molar-refractivity contribution is 7.98. The molecule has 172 valence electrons. The van der Waals surface area contributed by atoms with E-state index in [9.17, 15) is 8.42 Å². The second-order valence-corrected chi connectivity index (χ2v) is 9.90. The van der Waals surface area contributed by atoms with Gasteiger partial charge in [0.2, 0.25) is 0 Å². The molecule has 2 aromatic carbocycles. The van der Waals surface area contributed by atoms with Gasteiger partial charge >= 0.3 is 0 Å². The van der Waals surface area contributed by atoms with Gasteiger partial charge in [0.05, 0.1) is 24.5 Å². The highest BCUT2D eigenvalue weighted by atomic mass is 32.2. The molecule has 2 heterocycles. The summed E-state index contributed by atoms with van der Waals surface area (Å²) in [6.45, 7) is 0. The average Bonchev–Trinajstić information content (AvgIpc) is 3.25. The molecular formula is C22H24N6O3S2. The lowest BCUT2D eigenvalue weighted by Gasteiger charge is -2.16. The monoisotopic (exact) mass is 484 g/mol. The van der Waals surface area contributed by atoms with Crippen molar-refractivity contribution in [2.75, 3.05) is 29.2 Å². The van der Waals surface area contributed by atoms with Crippen LogP contribution in [0, 0.1) is 0 Å². The van der Waals surface area contributed by atoms with Gasteiger partial charge in [0.15, 0.2) is 16.7 Å². The van der Waals surface area contributed by atoms with Crippen molar-refractivity contribution in [2.45, 2.75) is 11.4 Å². The Morgan fingerprint density at radius 2 is 1.82 bits per heavy atom. The first-order valence-corrected chi connectivity index (χ1v) is 13.0. The molecule has 4 rings (SSSR count). The Labute approximate surface area is 196 Å². The van der Waals surface area contributed by atoms with Crippen LogP contribution in [0.15, 0.2) is 60.0 Å². The van der Waals surface area contributed by atoms with Crippen molar-refractivity contribution in [3.63, 3.8) is 0 Å². The van der Waals surface area contributed by atoms with E-state index in [4.69, 9.17) is 4.74 Å². The van der Waals surface area contributed by atoms with Crippen LogP contribution in [-0.2, 0) is 23.5 Å². The Kier molecular flexibility index (Phi) is 6.70. The number of fused-ring (bicyclic) bond motifs is 1. The third kappa shape index (κ3) is 5.20. The molecule has 2 aromatic heterocycles. The number of methoxy groups -OCH3 is 1. The zero-order valence-electron chi connectivity index (χ0n) is 18.4. The molecule has 0 amide bonds. The molecule has 0 aliphatic heterocycles. The summed E-state index contributed by atoms with van der Waals surface area (Å²) in [5.74, 6) is 1.98. The van der Waals surface area contributed by atoms with Crippen LogP contribution < -0.4 is 14.8 Å². The summed E-state index contributed by atoms with van der Waals surface area (Å²) in [4.78, 5) is 13.2. The number of aryl methyl sites for hydroxylation is 2. The van der Waals surface area contributed by atoms with E-state index in [0.29, 0.717) is 16.8 Å². The molecule has 0 unspecified atom stereocenters. The summed E-state index contributed by atoms with van der Waals surface area (Å²) in [5.41, 5.74) is 3.02. The fraction of sp³-hybridized carbons (Fsp3) is 0.227. The second-order valence-electron chi connectivity index (χ2n) is 7.28. The summed E-state index contributed by atoms with van der Waals surface area (Å²) in [6, 6.07) is 13.0. The first-order chi connectivity index (χ1) is 15.9. The Hall–Kier alpha value is -3.31. The predicted octanol–water partition coefficient (Wildman–Crippen LogP) is 3.82. The number of nitrogens with zero attached hydrogens (tertiary/aromatic N) is 4. The van der Waals surface area contributed by atoms with E-state index in [-0.39, 0.29) is 16.7 Å². The largest absolute Gasteiger partial charge is 0.497 e. The number of para-hydroxylation sites is 2. The number of hydrogen-bond donors (Lipinski definition) is 2. The van der Waals surface area contributed by atoms with E-state index in [0.717, 1.165) is 23.4 Å². The number of imidazole rings is 1. The van der Waals surface area contributed by atoms with Crippen molar-refractivity contribution < 1.29 is 13.2 Å².